The van der Waals surface area contributed by atoms with Crippen molar-refractivity contribution in [2.24, 2.45) is 5.10 Å². The SMILES string of the molecule is COCCOc1ccc(C2c3ccccc3C=NN2/C=C/C(=O)c2cc(Cc3cnc(N)nc3N)cc(OC)c2OC)cn1. The van der Waals surface area contributed by atoms with E-state index in [-0.39, 0.29) is 23.6 Å². The first kappa shape index (κ1) is 30.0. The Morgan fingerprint density at radius 3 is 2.57 bits per heavy atom. The number of pyridine rings is 1. The van der Waals surface area contributed by atoms with E-state index in [1.807, 2.05) is 30.3 Å². The molecule has 0 saturated carbocycles. The van der Waals surface area contributed by atoms with Crippen molar-refractivity contribution in [1.29, 1.82) is 0 Å². The van der Waals surface area contributed by atoms with E-state index in [2.05, 4.69) is 20.1 Å². The van der Waals surface area contributed by atoms with Gasteiger partial charge in [0, 0.05) is 55.4 Å². The number of allylic oxidation sites excluding steroid dienone is 1. The molecular formula is C32H33N7O5. The Morgan fingerprint density at radius 1 is 1.00 bits per heavy atom. The topological polar surface area (TPSA) is 160 Å². The zero-order chi connectivity index (χ0) is 31.1. The fourth-order valence-corrected chi connectivity index (χ4v) is 4.87. The van der Waals surface area contributed by atoms with Crippen LogP contribution in [-0.2, 0) is 11.2 Å². The van der Waals surface area contributed by atoms with Crippen molar-refractivity contribution in [3.05, 3.63) is 107 Å². The minimum Gasteiger partial charge on any atom is -0.493 e. The predicted molar refractivity (Wildman–Crippen MR) is 166 cm³/mol. The van der Waals surface area contributed by atoms with Gasteiger partial charge in [-0.15, -0.1) is 0 Å². The molecule has 44 heavy (non-hydrogen) atoms. The molecule has 0 amide bonds. The summed E-state index contributed by atoms with van der Waals surface area (Å²) < 4.78 is 21.8. The van der Waals surface area contributed by atoms with Gasteiger partial charge < -0.3 is 30.4 Å². The molecule has 4 N–H and O–H groups in total. The summed E-state index contributed by atoms with van der Waals surface area (Å²) in [4.78, 5) is 26.2. The molecule has 0 aliphatic carbocycles. The zero-order valence-electron chi connectivity index (χ0n) is 24.6. The molecular weight excluding hydrogens is 562 g/mol. The summed E-state index contributed by atoms with van der Waals surface area (Å²) in [5.41, 5.74) is 16.3. The molecule has 4 aromatic rings. The first-order chi connectivity index (χ1) is 21.4. The van der Waals surface area contributed by atoms with Crippen molar-refractivity contribution in [2.45, 2.75) is 12.5 Å². The van der Waals surface area contributed by atoms with Crippen LogP contribution in [-0.4, -0.2) is 66.5 Å². The molecule has 1 unspecified atom stereocenters. The molecule has 3 heterocycles. The van der Waals surface area contributed by atoms with Crippen molar-refractivity contribution >= 4 is 23.8 Å². The second kappa shape index (κ2) is 13.7. The van der Waals surface area contributed by atoms with Crippen molar-refractivity contribution in [3.63, 3.8) is 0 Å². The van der Waals surface area contributed by atoms with Crippen LogP contribution < -0.4 is 25.7 Å². The molecule has 12 nitrogen and oxygen atoms in total. The number of carbonyl (C=O) groups is 1. The number of ketones is 1. The maximum absolute atomic E-state index is 13.7. The van der Waals surface area contributed by atoms with Crippen molar-refractivity contribution < 1.29 is 23.7 Å². The molecule has 1 aliphatic rings. The van der Waals surface area contributed by atoms with E-state index in [9.17, 15) is 4.79 Å². The van der Waals surface area contributed by atoms with Gasteiger partial charge in [0.1, 0.15) is 18.5 Å². The van der Waals surface area contributed by atoms with Crippen molar-refractivity contribution in [1.82, 2.24) is 20.0 Å². The first-order valence-electron chi connectivity index (χ1n) is 13.7. The lowest BCUT2D eigenvalue weighted by molar-refractivity contribution is 0.104. The maximum Gasteiger partial charge on any atom is 0.221 e. The molecule has 1 aliphatic heterocycles. The molecule has 5 rings (SSSR count). The highest BCUT2D eigenvalue weighted by Gasteiger charge is 2.26. The number of ether oxygens (including phenoxy) is 4. The van der Waals surface area contributed by atoms with Crippen molar-refractivity contribution in [3.8, 4) is 17.4 Å². The highest BCUT2D eigenvalue weighted by Crippen LogP contribution is 2.36. The smallest absolute Gasteiger partial charge is 0.221 e. The van der Waals surface area contributed by atoms with Crippen molar-refractivity contribution in [2.75, 3.05) is 46.0 Å². The molecule has 2 aromatic carbocycles. The van der Waals surface area contributed by atoms with E-state index in [0.717, 1.165) is 22.3 Å². The Hall–Kier alpha value is -5.49. The third-order valence-corrected chi connectivity index (χ3v) is 6.99. The molecule has 0 radical (unpaired) electrons. The molecule has 2 aromatic heterocycles. The Kier molecular flexibility index (Phi) is 9.31. The average molecular weight is 596 g/mol. The second-order valence-electron chi connectivity index (χ2n) is 9.80. The van der Waals surface area contributed by atoms with Crippen LogP contribution in [0.25, 0.3) is 0 Å². The van der Waals surface area contributed by atoms with Gasteiger partial charge >= 0.3 is 0 Å². The van der Waals surface area contributed by atoms with E-state index < -0.39 is 0 Å². The quantitative estimate of drug-likeness (QED) is 0.139. The number of nitrogen functional groups attached to an aromatic ring is 2. The van der Waals surface area contributed by atoms with Gasteiger partial charge in [0.25, 0.3) is 0 Å². The fourth-order valence-electron chi connectivity index (χ4n) is 4.87. The number of hydrogen-bond donors (Lipinski definition) is 2. The maximum atomic E-state index is 13.7. The number of anilines is 2. The molecule has 226 valence electrons. The van der Waals surface area contributed by atoms with Gasteiger partial charge in [-0.05, 0) is 34.9 Å². The summed E-state index contributed by atoms with van der Waals surface area (Å²) in [5.74, 6) is 1.24. The number of nitrogens with two attached hydrogens (primary N) is 2. The van der Waals surface area contributed by atoms with Crippen LogP contribution in [0.15, 0.2) is 78.3 Å². The van der Waals surface area contributed by atoms with Crippen LogP contribution in [0.2, 0.25) is 0 Å². The van der Waals surface area contributed by atoms with Gasteiger partial charge in [0.05, 0.1) is 32.6 Å². The molecule has 0 saturated heterocycles. The number of fused-ring (bicyclic) bond motifs is 1. The summed E-state index contributed by atoms with van der Waals surface area (Å²) in [6.07, 6.45) is 8.53. The standard InChI is InChI=1S/C32H33N7O5/c1-41-12-13-44-28-9-8-22(17-35-28)29-24-7-5-4-6-21(24)19-37-39(29)11-10-26(40)25-15-20(16-27(42-2)30(25)43-3)14-23-18-36-32(34)38-31(23)33/h4-11,15-19,29H,12-14H2,1-3H3,(H4,33,34,36,38)/b11-10+. The van der Waals surface area contributed by atoms with Crippen LogP contribution >= 0.6 is 0 Å². The van der Waals surface area contributed by atoms with Crippen LogP contribution in [0.1, 0.15) is 44.2 Å². The first-order valence-corrected chi connectivity index (χ1v) is 13.7. The lowest BCUT2D eigenvalue weighted by Gasteiger charge is -2.31. The van der Waals surface area contributed by atoms with Crippen LogP contribution in [0.4, 0.5) is 11.8 Å². The number of hydrogen-bond acceptors (Lipinski definition) is 12. The van der Waals surface area contributed by atoms with Gasteiger partial charge in [-0.25, -0.2) is 9.97 Å². The van der Waals surface area contributed by atoms with Gasteiger partial charge in [-0.2, -0.15) is 10.1 Å². The molecule has 0 fully saturated rings. The van der Waals surface area contributed by atoms with Gasteiger partial charge in [0.2, 0.25) is 11.8 Å². The molecule has 0 spiro atoms. The van der Waals surface area contributed by atoms with E-state index in [1.54, 1.807) is 55.1 Å². The summed E-state index contributed by atoms with van der Waals surface area (Å²) in [6, 6.07) is 14.9. The second-order valence-corrected chi connectivity index (χ2v) is 9.80. The van der Waals surface area contributed by atoms with E-state index in [1.165, 1.54) is 20.3 Å². The summed E-state index contributed by atoms with van der Waals surface area (Å²) in [6.45, 7) is 0.858. The number of benzene rings is 2. The summed E-state index contributed by atoms with van der Waals surface area (Å²) in [5, 5.41) is 6.37. The number of nitrogens with zero attached hydrogens (tertiary/aromatic N) is 5. The van der Waals surface area contributed by atoms with Crippen LogP contribution in [0.5, 0.6) is 17.4 Å². The minimum atomic E-state index is -0.336. The Bertz CT molecular complexity index is 1690. The third kappa shape index (κ3) is 6.60. The van der Waals surface area contributed by atoms with E-state index >= 15 is 0 Å². The predicted octanol–water partition coefficient (Wildman–Crippen LogP) is 3.80. The molecule has 12 heteroatoms. The summed E-state index contributed by atoms with van der Waals surface area (Å²) in [7, 11) is 4.62. The normalized spacial score (nSPS) is 14.0. The highest BCUT2D eigenvalue weighted by molar-refractivity contribution is 6.07. The Morgan fingerprint density at radius 2 is 1.84 bits per heavy atom. The van der Waals surface area contributed by atoms with Gasteiger partial charge in [0.15, 0.2) is 17.3 Å². The molecule has 0 bridgehead atoms. The Balaban J connectivity index is 1.45. The monoisotopic (exact) mass is 595 g/mol. The van der Waals surface area contributed by atoms with Crippen LogP contribution in [0, 0.1) is 0 Å². The summed E-state index contributed by atoms with van der Waals surface area (Å²) >= 11 is 0. The Labute approximate surface area is 255 Å². The molecule has 1 atom stereocenters. The minimum absolute atomic E-state index is 0.0861. The number of aromatic nitrogens is 3. The van der Waals surface area contributed by atoms with E-state index in [4.69, 9.17) is 30.4 Å². The lowest BCUT2D eigenvalue weighted by Crippen LogP contribution is -2.25. The third-order valence-electron chi connectivity index (χ3n) is 6.99. The van der Waals surface area contributed by atoms with Crippen LogP contribution in [0.3, 0.4) is 0 Å². The number of methoxy groups -OCH3 is 3. The number of hydrazone groups is 1. The van der Waals surface area contributed by atoms with E-state index in [0.29, 0.717) is 48.1 Å². The highest BCUT2D eigenvalue weighted by atomic mass is 16.5. The van der Waals surface area contributed by atoms with Gasteiger partial charge in [-0.3, -0.25) is 9.80 Å². The lowest BCUT2D eigenvalue weighted by atomic mass is 9.94. The number of carbonyl (C=O) groups excluding carboxylic acids is 1. The average Bonchev–Trinajstić information content (AvgIpc) is 3.04. The number of rotatable bonds is 12. The fraction of sp³-hybridized carbons (Fsp3) is 0.219. The van der Waals surface area contributed by atoms with Gasteiger partial charge in [-0.1, -0.05) is 24.3 Å². The largest absolute Gasteiger partial charge is 0.493 e. The zero-order valence-corrected chi connectivity index (χ0v) is 24.6.